The van der Waals surface area contributed by atoms with E-state index in [4.69, 9.17) is 23.2 Å². The minimum absolute atomic E-state index is 0.0880. The Morgan fingerprint density at radius 2 is 1.70 bits per heavy atom. The van der Waals surface area contributed by atoms with E-state index in [1.807, 2.05) is 13.8 Å². The summed E-state index contributed by atoms with van der Waals surface area (Å²) in [7, 11) is -3.82. The highest BCUT2D eigenvalue weighted by atomic mass is 35.5. The average Bonchev–Trinajstić information content (AvgIpc) is 2.85. The Labute approximate surface area is 230 Å². The van der Waals surface area contributed by atoms with Gasteiger partial charge in [0, 0.05) is 22.6 Å². The SMILES string of the molecule is CC[C@H](C(=O)NC1CCCCC1)N(Cc1ccc(Cl)cc1)C(=O)CN(c1ccc(C)c(Cl)c1)S(C)(=O)=O. The third-order valence-electron chi connectivity index (χ3n) is 6.73. The molecule has 1 fully saturated rings. The smallest absolute Gasteiger partial charge is 0.244 e. The standard InChI is InChI=1S/C27H35Cl2N3O4S/c1-4-25(27(34)30-22-8-6-5-7-9-22)31(17-20-11-13-21(28)14-12-20)26(33)18-32(37(3,35)36)23-15-10-19(2)24(29)16-23/h10-16,22,25H,4-9,17-18H2,1-3H3,(H,30,34)/t25-/m1/s1. The first-order valence-corrected chi connectivity index (χ1v) is 15.2. The number of hydrogen-bond donors (Lipinski definition) is 1. The number of halogens is 2. The maximum atomic E-state index is 13.8. The minimum atomic E-state index is -3.82. The van der Waals surface area contributed by atoms with Gasteiger partial charge in [-0.3, -0.25) is 13.9 Å². The summed E-state index contributed by atoms with van der Waals surface area (Å²) in [4.78, 5) is 28.6. The highest BCUT2D eigenvalue weighted by Crippen LogP contribution is 2.26. The van der Waals surface area contributed by atoms with E-state index in [-0.39, 0.29) is 24.2 Å². The van der Waals surface area contributed by atoms with Gasteiger partial charge < -0.3 is 10.2 Å². The molecule has 1 aliphatic carbocycles. The van der Waals surface area contributed by atoms with E-state index in [9.17, 15) is 18.0 Å². The number of nitrogens with one attached hydrogen (secondary N) is 1. The Morgan fingerprint density at radius 3 is 2.27 bits per heavy atom. The van der Waals surface area contributed by atoms with Crippen molar-refractivity contribution in [2.45, 2.75) is 71.0 Å². The molecule has 1 N–H and O–H groups in total. The van der Waals surface area contributed by atoms with Crippen molar-refractivity contribution in [2.24, 2.45) is 0 Å². The first-order valence-electron chi connectivity index (χ1n) is 12.6. The van der Waals surface area contributed by atoms with Crippen molar-refractivity contribution < 1.29 is 18.0 Å². The molecule has 1 aliphatic rings. The number of anilines is 1. The highest BCUT2D eigenvalue weighted by molar-refractivity contribution is 7.92. The third-order valence-corrected chi connectivity index (χ3v) is 8.53. The molecule has 2 aromatic carbocycles. The van der Waals surface area contributed by atoms with Gasteiger partial charge in [0.15, 0.2) is 0 Å². The number of aryl methyl sites for hydroxylation is 1. The lowest BCUT2D eigenvalue weighted by molar-refractivity contribution is -0.140. The number of nitrogens with zero attached hydrogens (tertiary/aromatic N) is 2. The van der Waals surface area contributed by atoms with Crippen molar-refractivity contribution >= 4 is 50.7 Å². The molecule has 7 nitrogen and oxygen atoms in total. The maximum Gasteiger partial charge on any atom is 0.244 e. The zero-order valence-electron chi connectivity index (χ0n) is 21.5. The summed E-state index contributed by atoms with van der Waals surface area (Å²) in [6.07, 6.45) is 6.56. The van der Waals surface area contributed by atoms with Crippen LogP contribution in [0.1, 0.15) is 56.6 Å². The Balaban J connectivity index is 1.92. The van der Waals surface area contributed by atoms with E-state index < -0.39 is 28.5 Å². The normalized spacial score (nSPS) is 15.2. The molecule has 2 amide bonds. The van der Waals surface area contributed by atoms with Crippen LogP contribution in [0, 0.1) is 6.92 Å². The summed E-state index contributed by atoms with van der Waals surface area (Å²) in [5, 5.41) is 4.08. The fourth-order valence-electron chi connectivity index (χ4n) is 4.60. The minimum Gasteiger partial charge on any atom is -0.352 e. The lowest BCUT2D eigenvalue weighted by Gasteiger charge is -2.34. The van der Waals surface area contributed by atoms with Gasteiger partial charge in [-0.05, 0) is 61.6 Å². The molecule has 10 heteroatoms. The quantitative estimate of drug-likeness (QED) is 0.420. The number of carbonyl (C=O) groups excluding carboxylic acids is 2. The second-order valence-electron chi connectivity index (χ2n) is 9.62. The number of hydrogen-bond acceptors (Lipinski definition) is 4. The van der Waals surface area contributed by atoms with Crippen LogP contribution in [-0.2, 0) is 26.2 Å². The number of benzene rings is 2. The Bertz CT molecular complexity index is 1200. The first-order chi connectivity index (χ1) is 17.5. The van der Waals surface area contributed by atoms with Gasteiger partial charge in [-0.25, -0.2) is 8.42 Å². The van der Waals surface area contributed by atoms with E-state index in [1.165, 1.54) is 11.0 Å². The summed E-state index contributed by atoms with van der Waals surface area (Å²) in [6, 6.07) is 11.2. The fraction of sp³-hybridized carbons (Fsp3) is 0.481. The van der Waals surface area contributed by atoms with Crippen LogP contribution < -0.4 is 9.62 Å². The van der Waals surface area contributed by atoms with Gasteiger partial charge in [-0.2, -0.15) is 0 Å². The molecule has 0 radical (unpaired) electrons. The molecule has 0 saturated heterocycles. The summed E-state index contributed by atoms with van der Waals surface area (Å²) in [5.74, 6) is -0.705. The lowest BCUT2D eigenvalue weighted by atomic mass is 9.95. The van der Waals surface area contributed by atoms with Gasteiger partial charge in [0.05, 0.1) is 11.9 Å². The lowest BCUT2D eigenvalue weighted by Crippen LogP contribution is -2.53. The summed E-state index contributed by atoms with van der Waals surface area (Å²) < 4.78 is 26.5. The van der Waals surface area contributed by atoms with Crippen molar-refractivity contribution in [3.05, 3.63) is 63.6 Å². The van der Waals surface area contributed by atoms with Crippen molar-refractivity contribution in [3.63, 3.8) is 0 Å². The largest absolute Gasteiger partial charge is 0.352 e. The Morgan fingerprint density at radius 1 is 1.05 bits per heavy atom. The number of rotatable bonds is 10. The molecule has 37 heavy (non-hydrogen) atoms. The molecule has 3 rings (SSSR count). The summed E-state index contributed by atoms with van der Waals surface area (Å²) in [6.45, 7) is 3.34. The molecular formula is C27H35Cl2N3O4S. The fourth-order valence-corrected chi connectivity index (χ4v) is 5.74. The van der Waals surface area contributed by atoms with Gasteiger partial charge in [-0.15, -0.1) is 0 Å². The molecule has 0 heterocycles. The van der Waals surface area contributed by atoms with Crippen LogP contribution in [0.15, 0.2) is 42.5 Å². The van der Waals surface area contributed by atoms with E-state index in [1.54, 1.807) is 36.4 Å². The number of sulfonamides is 1. The van der Waals surface area contributed by atoms with Crippen molar-refractivity contribution in [1.82, 2.24) is 10.2 Å². The topological polar surface area (TPSA) is 86.8 Å². The molecule has 0 bridgehead atoms. The van der Waals surface area contributed by atoms with Crippen LogP contribution in [0.4, 0.5) is 5.69 Å². The molecule has 0 unspecified atom stereocenters. The highest BCUT2D eigenvalue weighted by Gasteiger charge is 2.33. The van der Waals surface area contributed by atoms with Crippen LogP contribution in [-0.4, -0.2) is 50.0 Å². The van der Waals surface area contributed by atoms with Gasteiger partial charge in [0.2, 0.25) is 21.8 Å². The maximum absolute atomic E-state index is 13.8. The number of carbonyl (C=O) groups is 2. The molecular weight excluding hydrogens is 533 g/mol. The Hall–Kier alpha value is -2.29. The van der Waals surface area contributed by atoms with Gasteiger partial charge in [0.25, 0.3) is 0 Å². The second-order valence-corrected chi connectivity index (χ2v) is 12.4. The number of amides is 2. The molecule has 0 aliphatic heterocycles. The van der Waals surface area contributed by atoms with Crippen LogP contribution in [0.25, 0.3) is 0 Å². The predicted octanol–water partition coefficient (Wildman–Crippen LogP) is 5.32. The van der Waals surface area contributed by atoms with Gasteiger partial charge in [-0.1, -0.05) is 67.6 Å². The van der Waals surface area contributed by atoms with Crippen LogP contribution >= 0.6 is 23.2 Å². The molecule has 1 saturated carbocycles. The van der Waals surface area contributed by atoms with Crippen molar-refractivity contribution in [3.8, 4) is 0 Å². The van der Waals surface area contributed by atoms with E-state index >= 15 is 0 Å². The molecule has 0 spiro atoms. The average molecular weight is 569 g/mol. The monoisotopic (exact) mass is 567 g/mol. The zero-order valence-corrected chi connectivity index (χ0v) is 23.9. The van der Waals surface area contributed by atoms with E-state index in [0.29, 0.717) is 16.5 Å². The summed E-state index contributed by atoms with van der Waals surface area (Å²) >= 11 is 12.3. The van der Waals surface area contributed by atoms with Crippen molar-refractivity contribution in [2.75, 3.05) is 17.1 Å². The predicted molar refractivity (Wildman–Crippen MR) is 149 cm³/mol. The molecule has 0 aromatic heterocycles. The van der Waals surface area contributed by atoms with Gasteiger partial charge >= 0.3 is 0 Å². The first kappa shape index (κ1) is 29.3. The zero-order chi connectivity index (χ0) is 27.2. The summed E-state index contributed by atoms with van der Waals surface area (Å²) in [5.41, 5.74) is 1.86. The van der Waals surface area contributed by atoms with E-state index in [2.05, 4.69) is 5.32 Å². The molecule has 1 atom stereocenters. The van der Waals surface area contributed by atoms with Crippen LogP contribution in [0.3, 0.4) is 0 Å². The molecule has 2 aromatic rings. The van der Waals surface area contributed by atoms with Crippen molar-refractivity contribution in [1.29, 1.82) is 0 Å². The van der Waals surface area contributed by atoms with Gasteiger partial charge in [0.1, 0.15) is 12.6 Å². The van der Waals surface area contributed by atoms with Crippen LogP contribution in [0.5, 0.6) is 0 Å². The molecule has 202 valence electrons. The Kier molecular flexibility index (Phi) is 10.3. The third kappa shape index (κ3) is 8.09. The van der Waals surface area contributed by atoms with Crippen LogP contribution in [0.2, 0.25) is 10.0 Å². The second kappa shape index (κ2) is 13.0. The van der Waals surface area contributed by atoms with E-state index in [0.717, 1.165) is 53.8 Å².